The van der Waals surface area contributed by atoms with E-state index in [2.05, 4.69) is 38.1 Å². The highest BCUT2D eigenvalue weighted by Gasteiger charge is 2.11. The molecule has 0 amide bonds. The lowest BCUT2D eigenvalue weighted by Gasteiger charge is -2.16. The summed E-state index contributed by atoms with van der Waals surface area (Å²) in [6.45, 7) is 4.42. The second-order valence-corrected chi connectivity index (χ2v) is 3.57. The van der Waals surface area contributed by atoms with E-state index in [-0.39, 0.29) is 0 Å². The minimum Gasteiger partial charge on any atom is -0.0535 e. The van der Waals surface area contributed by atoms with Crippen molar-refractivity contribution in [1.29, 1.82) is 0 Å². The molecule has 0 atom stereocenters. The van der Waals surface area contributed by atoms with Crippen molar-refractivity contribution in [2.24, 2.45) is 0 Å². The number of aryl methyl sites for hydroxylation is 2. The van der Waals surface area contributed by atoms with Gasteiger partial charge in [0.2, 0.25) is 0 Å². The van der Waals surface area contributed by atoms with Gasteiger partial charge >= 0.3 is 0 Å². The van der Waals surface area contributed by atoms with Crippen molar-refractivity contribution in [3.05, 3.63) is 35.4 Å². The van der Waals surface area contributed by atoms with Crippen molar-refractivity contribution in [2.75, 3.05) is 0 Å². The van der Waals surface area contributed by atoms with Crippen molar-refractivity contribution in [2.45, 2.75) is 13.8 Å². The summed E-state index contributed by atoms with van der Waals surface area (Å²) in [5.41, 5.74) is 2.91. The smallest absolute Gasteiger partial charge is 0.0145 e. The minimum absolute atomic E-state index is 1.45. The van der Waals surface area contributed by atoms with E-state index in [0.717, 1.165) is 0 Å². The van der Waals surface area contributed by atoms with Crippen LogP contribution in [0.4, 0.5) is 0 Å². The first-order valence-electron chi connectivity index (χ1n) is 4.32. The number of hydrogen-bond donors (Lipinski definition) is 0. The van der Waals surface area contributed by atoms with Crippen molar-refractivity contribution < 1.29 is 0 Å². The van der Waals surface area contributed by atoms with Crippen molar-refractivity contribution in [3.63, 3.8) is 0 Å². The highest BCUT2D eigenvalue weighted by molar-refractivity contribution is 6.09. The number of rotatable bonds is 0. The fourth-order valence-electron chi connectivity index (χ4n) is 2.10. The third kappa shape index (κ3) is 0.482. The number of fused-ring (bicyclic) bond motifs is 2. The van der Waals surface area contributed by atoms with Crippen LogP contribution in [0.1, 0.15) is 11.1 Å². The fourth-order valence-corrected chi connectivity index (χ4v) is 2.10. The highest BCUT2D eigenvalue weighted by Crippen LogP contribution is 2.36. The van der Waals surface area contributed by atoms with Crippen LogP contribution in [0.2, 0.25) is 0 Å². The van der Waals surface area contributed by atoms with Gasteiger partial charge in [0.05, 0.1) is 0 Å². The maximum atomic E-state index is 2.21. The normalized spacial score (nSPS) is 12.2. The van der Waals surface area contributed by atoms with Crippen molar-refractivity contribution in [3.8, 4) is 0 Å². The van der Waals surface area contributed by atoms with Gasteiger partial charge in [0.1, 0.15) is 0 Å². The van der Waals surface area contributed by atoms with Crippen LogP contribution in [-0.4, -0.2) is 0 Å². The molecule has 0 saturated carbocycles. The lowest BCUT2D eigenvalue weighted by atomic mass is 9.88. The predicted octanol–water partition coefficient (Wildman–Crippen LogP) is 3.49. The lowest BCUT2D eigenvalue weighted by molar-refractivity contribution is 1.50. The van der Waals surface area contributed by atoms with Crippen LogP contribution >= 0.6 is 0 Å². The van der Waals surface area contributed by atoms with Crippen LogP contribution in [0, 0.1) is 13.8 Å². The van der Waals surface area contributed by atoms with Gasteiger partial charge in [-0.1, -0.05) is 24.3 Å². The van der Waals surface area contributed by atoms with E-state index in [1.54, 1.807) is 0 Å². The van der Waals surface area contributed by atoms with Gasteiger partial charge in [0.25, 0.3) is 0 Å². The van der Waals surface area contributed by atoms with Crippen LogP contribution in [0.3, 0.4) is 0 Å². The number of benzene rings is 1. The predicted molar refractivity (Wildman–Crippen MR) is 53.3 cm³/mol. The molecule has 0 heterocycles. The molecule has 3 rings (SSSR count). The summed E-state index contributed by atoms with van der Waals surface area (Å²) in [6, 6.07) is 8.85. The summed E-state index contributed by atoms with van der Waals surface area (Å²) in [5, 5.41) is 5.82. The Kier molecular flexibility index (Phi) is 0.891. The van der Waals surface area contributed by atoms with E-state index in [1.807, 2.05) is 0 Å². The zero-order chi connectivity index (χ0) is 8.29. The molecule has 0 unspecified atom stereocenters. The zero-order valence-electron chi connectivity index (χ0n) is 7.31. The molecule has 0 spiro atoms. The first-order chi connectivity index (χ1) is 5.79. The summed E-state index contributed by atoms with van der Waals surface area (Å²) in [5.74, 6) is 0. The Morgan fingerprint density at radius 1 is 0.583 bits per heavy atom. The molecular formula is C12H10. The van der Waals surface area contributed by atoms with Crippen LogP contribution in [-0.2, 0) is 0 Å². The molecule has 0 aliphatic rings. The van der Waals surface area contributed by atoms with E-state index in [0.29, 0.717) is 0 Å². The molecule has 0 fully saturated rings. The fraction of sp³-hybridized carbons (Fsp3) is 0.167. The van der Waals surface area contributed by atoms with Crippen molar-refractivity contribution >= 4 is 21.5 Å². The molecule has 0 aliphatic heterocycles. The quantitative estimate of drug-likeness (QED) is 0.465. The molecule has 0 saturated heterocycles. The standard InChI is InChI=1S/C12H10/c1-7-9-3-5-11(9)8(2)12-6-4-10(7)12/h3-6H,1-2H3. The molecule has 0 radical (unpaired) electrons. The Balaban J connectivity index is 2.64. The van der Waals surface area contributed by atoms with Gasteiger partial charge in [0, 0.05) is 0 Å². The summed E-state index contributed by atoms with van der Waals surface area (Å²) < 4.78 is 0. The maximum absolute atomic E-state index is 2.21. The first-order valence-corrected chi connectivity index (χ1v) is 4.32. The molecule has 0 aromatic heterocycles. The molecule has 0 N–H and O–H groups in total. The Labute approximate surface area is 71.5 Å². The van der Waals surface area contributed by atoms with Crippen LogP contribution < -0.4 is 0 Å². The molecule has 0 aliphatic carbocycles. The molecule has 58 valence electrons. The molecule has 3 aromatic rings. The van der Waals surface area contributed by atoms with E-state index in [9.17, 15) is 0 Å². The number of hydrogen-bond acceptors (Lipinski definition) is 0. The van der Waals surface area contributed by atoms with Gasteiger partial charge in [-0.05, 0) is 46.5 Å². The molecule has 12 heavy (non-hydrogen) atoms. The zero-order valence-corrected chi connectivity index (χ0v) is 7.31. The largest absolute Gasteiger partial charge is 0.0535 e. The highest BCUT2D eigenvalue weighted by atomic mass is 14.1. The Morgan fingerprint density at radius 2 is 0.833 bits per heavy atom. The average Bonchev–Trinajstić information content (AvgIpc) is 1.78. The topological polar surface area (TPSA) is 0 Å². The van der Waals surface area contributed by atoms with E-state index in [4.69, 9.17) is 0 Å². The SMILES string of the molecule is Cc1c2ccc2c(C)c2ccc12. The van der Waals surface area contributed by atoms with Crippen LogP contribution in [0.15, 0.2) is 24.3 Å². The third-order valence-corrected chi connectivity index (χ3v) is 3.03. The van der Waals surface area contributed by atoms with Gasteiger partial charge in [-0.15, -0.1) is 0 Å². The average molecular weight is 154 g/mol. The Hall–Kier alpha value is -1.30. The summed E-state index contributed by atoms with van der Waals surface area (Å²) in [6.07, 6.45) is 0. The second-order valence-electron chi connectivity index (χ2n) is 3.57. The first kappa shape index (κ1) is 6.24. The minimum atomic E-state index is 1.45. The van der Waals surface area contributed by atoms with Gasteiger partial charge in [-0.25, -0.2) is 0 Å². The summed E-state index contributed by atoms with van der Waals surface area (Å²) in [4.78, 5) is 0. The molecule has 0 bridgehead atoms. The molecule has 0 nitrogen and oxygen atoms in total. The lowest BCUT2D eigenvalue weighted by Crippen LogP contribution is -1.91. The van der Waals surface area contributed by atoms with E-state index >= 15 is 0 Å². The Morgan fingerprint density at radius 3 is 1.00 bits per heavy atom. The summed E-state index contributed by atoms with van der Waals surface area (Å²) in [7, 11) is 0. The molecular weight excluding hydrogens is 144 g/mol. The molecule has 0 heteroatoms. The van der Waals surface area contributed by atoms with E-state index in [1.165, 1.54) is 32.7 Å². The molecule has 3 aromatic carbocycles. The van der Waals surface area contributed by atoms with Gasteiger partial charge in [0.15, 0.2) is 0 Å². The Bertz CT molecular complexity index is 438. The van der Waals surface area contributed by atoms with E-state index < -0.39 is 0 Å². The van der Waals surface area contributed by atoms with Gasteiger partial charge < -0.3 is 0 Å². The van der Waals surface area contributed by atoms with Crippen LogP contribution in [0.25, 0.3) is 21.5 Å². The summed E-state index contributed by atoms with van der Waals surface area (Å²) >= 11 is 0. The monoisotopic (exact) mass is 154 g/mol. The van der Waals surface area contributed by atoms with Gasteiger partial charge in [-0.3, -0.25) is 0 Å². The maximum Gasteiger partial charge on any atom is -0.0145 e. The van der Waals surface area contributed by atoms with Crippen LogP contribution in [0.5, 0.6) is 0 Å². The van der Waals surface area contributed by atoms with Crippen molar-refractivity contribution in [1.82, 2.24) is 0 Å². The second kappa shape index (κ2) is 1.71. The third-order valence-electron chi connectivity index (χ3n) is 3.03. The van der Waals surface area contributed by atoms with Gasteiger partial charge in [-0.2, -0.15) is 0 Å².